The third-order valence-corrected chi connectivity index (χ3v) is 1.78. The molecule has 1 heterocycles. The first-order valence-corrected chi connectivity index (χ1v) is 4.15. The Hall–Kier alpha value is -0.800. The highest BCUT2D eigenvalue weighted by atomic mass is 16.5. The van der Waals surface area contributed by atoms with E-state index in [0.717, 1.165) is 12.2 Å². The molecule has 0 bridgehead atoms. The lowest BCUT2D eigenvalue weighted by atomic mass is 10.2. The molecule has 0 saturated heterocycles. The minimum atomic E-state index is 0.240. The van der Waals surface area contributed by atoms with Gasteiger partial charge in [0.2, 0.25) is 0 Å². The van der Waals surface area contributed by atoms with E-state index in [1.807, 2.05) is 20.0 Å². The fourth-order valence-corrected chi connectivity index (χ4v) is 1.06. The van der Waals surface area contributed by atoms with E-state index in [1.165, 1.54) is 0 Å². The summed E-state index contributed by atoms with van der Waals surface area (Å²) in [6.45, 7) is 3.42. The number of likely N-dealkylation sites (N-methyl/N-ethyl adjacent to an activating group) is 1. The molecule has 0 fully saturated rings. The third kappa shape index (κ3) is 2.36. The van der Waals surface area contributed by atoms with Crippen molar-refractivity contribution in [2.24, 2.45) is 0 Å². The van der Waals surface area contributed by atoms with E-state index in [4.69, 9.17) is 9.15 Å². The smallest absolute Gasteiger partial charge is 0.0951 e. The van der Waals surface area contributed by atoms with Gasteiger partial charge >= 0.3 is 0 Å². The lowest BCUT2D eigenvalue weighted by Crippen LogP contribution is -2.21. The molecule has 0 aliphatic rings. The Bertz CT molecular complexity index is 196. The molecule has 12 heavy (non-hydrogen) atoms. The molecule has 0 aromatic carbocycles. The molecule has 0 spiro atoms. The molecule has 0 aliphatic heterocycles. The number of furan rings is 1. The highest BCUT2D eigenvalue weighted by molar-refractivity contribution is 5.11. The lowest BCUT2D eigenvalue weighted by Gasteiger charge is -2.13. The van der Waals surface area contributed by atoms with E-state index in [0.29, 0.717) is 6.61 Å². The van der Waals surface area contributed by atoms with Gasteiger partial charge in [-0.15, -0.1) is 0 Å². The predicted molar refractivity (Wildman–Crippen MR) is 47.0 cm³/mol. The molecular formula is C9H15NO2. The van der Waals surface area contributed by atoms with Gasteiger partial charge in [-0.05, 0) is 20.0 Å². The molecular weight excluding hydrogens is 154 g/mol. The van der Waals surface area contributed by atoms with Crippen LogP contribution in [-0.4, -0.2) is 20.3 Å². The maximum Gasteiger partial charge on any atom is 0.0951 e. The van der Waals surface area contributed by atoms with Gasteiger partial charge in [0.25, 0.3) is 0 Å². The Labute approximate surface area is 72.7 Å². The second kappa shape index (κ2) is 4.95. The number of hydrogen-bond acceptors (Lipinski definition) is 3. The number of ether oxygens (including phenoxy) is 1. The van der Waals surface area contributed by atoms with Crippen LogP contribution < -0.4 is 5.32 Å². The minimum Gasteiger partial charge on any atom is -0.472 e. The minimum absolute atomic E-state index is 0.240. The van der Waals surface area contributed by atoms with E-state index in [9.17, 15) is 0 Å². The van der Waals surface area contributed by atoms with Crippen molar-refractivity contribution < 1.29 is 9.15 Å². The fourth-order valence-electron chi connectivity index (χ4n) is 1.06. The highest BCUT2D eigenvalue weighted by Gasteiger charge is 2.09. The zero-order valence-electron chi connectivity index (χ0n) is 7.54. The van der Waals surface area contributed by atoms with Crippen molar-refractivity contribution in [1.29, 1.82) is 0 Å². The zero-order valence-corrected chi connectivity index (χ0v) is 7.54. The average Bonchev–Trinajstić information content (AvgIpc) is 2.59. The molecule has 1 rings (SSSR count). The first-order valence-electron chi connectivity index (χ1n) is 4.15. The Morgan fingerprint density at radius 2 is 2.50 bits per heavy atom. The van der Waals surface area contributed by atoms with Gasteiger partial charge in [0, 0.05) is 12.2 Å². The maximum atomic E-state index is 5.31. The molecule has 0 amide bonds. The highest BCUT2D eigenvalue weighted by Crippen LogP contribution is 2.12. The SMILES string of the molecule is CCOCC(NC)c1ccoc1. The monoisotopic (exact) mass is 169 g/mol. The third-order valence-electron chi connectivity index (χ3n) is 1.78. The summed E-state index contributed by atoms with van der Waals surface area (Å²) in [4.78, 5) is 0. The summed E-state index contributed by atoms with van der Waals surface area (Å²) >= 11 is 0. The van der Waals surface area contributed by atoms with Gasteiger partial charge in [-0.1, -0.05) is 0 Å². The quantitative estimate of drug-likeness (QED) is 0.726. The molecule has 0 aliphatic carbocycles. The van der Waals surface area contributed by atoms with E-state index in [2.05, 4.69) is 5.32 Å². The molecule has 1 atom stereocenters. The summed E-state index contributed by atoms with van der Waals surface area (Å²) < 4.78 is 10.3. The van der Waals surface area contributed by atoms with E-state index >= 15 is 0 Å². The molecule has 3 nitrogen and oxygen atoms in total. The van der Waals surface area contributed by atoms with Gasteiger partial charge in [-0.25, -0.2) is 0 Å². The van der Waals surface area contributed by atoms with Gasteiger partial charge < -0.3 is 14.5 Å². The maximum absolute atomic E-state index is 5.31. The molecule has 1 aromatic rings. The van der Waals surface area contributed by atoms with Crippen LogP contribution in [0.1, 0.15) is 18.5 Å². The predicted octanol–water partition coefficient (Wildman–Crippen LogP) is 1.58. The first-order chi connectivity index (χ1) is 5.88. The topological polar surface area (TPSA) is 34.4 Å². The first kappa shape index (κ1) is 9.29. The van der Waals surface area contributed by atoms with E-state index in [-0.39, 0.29) is 6.04 Å². The average molecular weight is 169 g/mol. The van der Waals surface area contributed by atoms with Crippen molar-refractivity contribution in [3.8, 4) is 0 Å². The van der Waals surface area contributed by atoms with Crippen LogP contribution in [0.5, 0.6) is 0 Å². The number of hydrogen-bond donors (Lipinski definition) is 1. The molecule has 1 unspecified atom stereocenters. The summed E-state index contributed by atoms with van der Waals surface area (Å²) in [6, 6.07) is 2.18. The van der Waals surface area contributed by atoms with E-state index < -0.39 is 0 Å². The Morgan fingerprint density at radius 1 is 1.67 bits per heavy atom. The molecule has 3 heteroatoms. The standard InChI is InChI=1S/C9H15NO2/c1-3-11-7-9(10-2)8-4-5-12-6-8/h4-6,9-10H,3,7H2,1-2H3. The van der Waals surface area contributed by atoms with Crippen LogP contribution in [0.25, 0.3) is 0 Å². The van der Waals surface area contributed by atoms with Crippen LogP contribution in [0.15, 0.2) is 23.0 Å². The van der Waals surface area contributed by atoms with Crippen molar-refractivity contribution in [3.63, 3.8) is 0 Å². The van der Waals surface area contributed by atoms with Gasteiger partial charge in [0.1, 0.15) is 0 Å². The summed E-state index contributed by atoms with van der Waals surface area (Å²) in [7, 11) is 1.91. The largest absolute Gasteiger partial charge is 0.472 e. The Kier molecular flexibility index (Phi) is 3.84. The van der Waals surface area contributed by atoms with Gasteiger partial charge in [0.15, 0.2) is 0 Å². The van der Waals surface area contributed by atoms with Crippen molar-refractivity contribution in [3.05, 3.63) is 24.2 Å². The van der Waals surface area contributed by atoms with Crippen LogP contribution >= 0.6 is 0 Å². The zero-order chi connectivity index (χ0) is 8.81. The molecule has 68 valence electrons. The Morgan fingerprint density at radius 3 is 3.00 bits per heavy atom. The fraction of sp³-hybridized carbons (Fsp3) is 0.556. The lowest BCUT2D eigenvalue weighted by molar-refractivity contribution is 0.125. The molecule has 1 N–H and O–H groups in total. The summed E-state index contributed by atoms with van der Waals surface area (Å²) in [5, 5.41) is 3.15. The molecule has 0 saturated carbocycles. The van der Waals surface area contributed by atoms with Gasteiger partial charge in [0.05, 0.1) is 25.2 Å². The summed E-state index contributed by atoms with van der Waals surface area (Å²) in [5.41, 5.74) is 1.13. The van der Waals surface area contributed by atoms with Crippen LogP contribution in [0.2, 0.25) is 0 Å². The van der Waals surface area contributed by atoms with Crippen LogP contribution in [0, 0.1) is 0 Å². The van der Waals surface area contributed by atoms with Crippen LogP contribution in [0.3, 0.4) is 0 Å². The second-order valence-corrected chi connectivity index (χ2v) is 2.56. The number of rotatable bonds is 5. The van der Waals surface area contributed by atoms with Gasteiger partial charge in [-0.2, -0.15) is 0 Å². The Balaban J connectivity index is 2.45. The van der Waals surface area contributed by atoms with Gasteiger partial charge in [-0.3, -0.25) is 0 Å². The van der Waals surface area contributed by atoms with Crippen LogP contribution in [-0.2, 0) is 4.74 Å². The normalized spacial score (nSPS) is 13.2. The van der Waals surface area contributed by atoms with Crippen LogP contribution in [0.4, 0.5) is 0 Å². The van der Waals surface area contributed by atoms with Crippen molar-refractivity contribution >= 4 is 0 Å². The molecule has 1 aromatic heterocycles. The number of nitrogens with one attached hydrogen (secondary N) is 1. The molecule has 0 radical (unpaired) electrons. The second-order valence-electron chi connectivity index (χ2n) is 2.56. The summed E-state index contributed by atoms with van der Waals surface area (Å²) in [6.07, 6.45) is 3.41. The van der Waals surface area contributed by atoms with E-state index in [1.54, 1.807) is 12.5 Å². The van der Waals surface area contributed by atoms with Crippen molar-refractivity contribution in [2.75, 3.05) is 20.3 Å². The van der Waals surface area contributed by atoms with Crippen molar-refractivity contribution in [2.45, 2.75) is 13.0 Å². The summed E-state index contributed by atoms with van der Waals surface area (Å²) in [5.74, 6) is 0. The van der Waals surface area contributed by atoms with Crippen molar-refractivity contribution in [1.82, 2.24) is 5.32 Å².